The Labute approximate surface area is 153 Å². The van der Waals surface area contributed by atoms with Crippen molar-refractivity contribution in [3.05, 3.63) is 64.8 Å². The quantitative estimate of drug-likeness (QED) is 0.853. The van der Waals surface area contributed by atoms with Crippen LogP contribution in [0.2, 0.25) is 0 Å². The van der Waals surface area contributed by atoms with Crippen LogP contribution in [0.1, 0.15) is 36.8 Å². The van der Waals surface area contributed by atoms with Crippen LogP contribution in [-0.4, -0.2) is 40.2 Å². The van der Waals surface area contributed by atoms with Crippen molar-refractivity contribution in [3.63, 3.8) is 0 Å². The number of benzene rings is 1. The standard InChI is InChI=1S/C22H23NO3/c24-14-16-6-4-15(5-7-16)8-9-17-11-18-13-22(19(17)12-21(25)26-22)20-3-1-2-10-23(18)20/h4-9,11-12,18,20,24H,1-3,10,13-14H2/b9-8+/t18-,20-,22+/m1/s1. The van der Waals surface area contributed by atoms with Gasteiger partial charge in [0.1, 0.15) is 0 Å². The highest BCUT2D eigenvalue weighted by molar-refractivity contribution is 5.90. The van der Waals surface area contributed by atoms with Gasteiger partial charge in [0.2, 0.25) is 0 Å². The summed E-state index contributed by atoms with van der Waals surface area (Å²) in [6.07, 6.45) is 12.7. The van der Waals surface area contributed by atoms with E-state index < -0.39 is 5.60 Å². The van der Waals surface area contributed by atoms with Gasteiger partial charge < -0.3 is 9.84 Å². The third-order valence-corrected chi connectivity index (χ3v) is 6.32. The molecule has 5 rings (SSSR count). The number of nitrogens with zero attached hydrogens (tertiary/aromatic N) is 1. The SMILES string of the molecule is O=C1C=C2C(/C=C/c3ccc(CO)cc3)=C[C@@H]3C[C@@]2(O1)[C@H]1CCCCN31. The maximum absolute atomic E-state index is 12.2. The molecule has 2 saturated heterocycles. The Hall–Kier alpha value is -2.17. The topological polar surface area (TPSA) is 49.8 Å². The van der Waals surface area contributed by atoms with E-state index in [-0.39, 0.29) is 12.6 Å². The van der Waals surface area contributed by atoms with E-state index >= 15 is 0 Å². The Bertz CT molecular complexity index is 835. The van der Waals surface area contributed by atoms with Crippen LogP contribution in [0.4, 0.5) is 0 Å². The lowest BCUT2D eigenvalue weighted by Crippen LogP contribution is -2.48. The number of hydrogen-bond acceptors (Lipinski definition) is 4. The largest absolute Gasteiger partial charge is 0.449 e. The van der Waals surface area contributed by atoms with Crippen molar-refractivity contribution in [1.82, 2.24) is 4.90 Å². The molecule has 0 saturated carbocycles. The fourth-order valence-electron chi connectivity index (χ4n) is 5.16. The number of esters is 1. The van der Waals surface area contributed by atoms with Gasteiger partial charge in [0.25, 0.3) is 0 Å². The molecular formula is C22H23NO3. The predicted octanol–water partition coefficient (Wildman–Crippen LogP) is 2.98. The molecular weight excluding hydrogens is 326 g/mol. The van der Waals surface area contributed by atoms with Crippen molar-refractivity contribution in [2.45, 2.75) is 50.0 Å². The Balaban J connectivity index is 1.50. The number of ether oxygens (including phenoxy) is 1. The molecule has 3 atom stereocenters. The van der Waals surface area contributed by atoms with Gasteiger partial charge in [-0.05, 0) is 36.1 Å². The van der Waals surface area contributed by atoms with E-state index in [0.29, 0.717) is 12.1 Å². The summed E-state index contributed by atoms with van der Waals surface area (Å²) in [6.45, 7) is 1.15. The zero-order chi connectivity index (χ0) is 17.7. The molecule has 4 nitrogen and oxygen atoms in total. The minimum absolute atomic E-state index is 0.0584. The second-order valence-electron chi connectivity index (χ2n) is 7.74. The maximum Gasteiger partial charge on any atom is 0.332 e. The fraction of sp³-hybridized carbons (Fsp3) is 0.409. The van der Waals surface area contributed by atoms with Gasteiger partial charge in [-0.1, -0.05) is 48.9 Å². The average Bonchev–Trinajstić information content (AvgIpc) is 3.15. The Morgan fingerprint density at radius 1 is 1.23 bits per heavy atom. The van der Waals surface area contributed by atoms with E-state index in [9.17, 15) is 9.90 Å². The van der Waals surface area contributed by atoms with Gasteiger partial charge in [0.05, 0.1) is 12.6 Å². The van der Waals surface area contributed by atoms with Crippen LogP contribution in [-0.2, 0) is 16.1 Å². The van der Waals surface area contributed by atoms with E-state index in [2.05, 4.69) is 23.1 Å². The summed E-state index contributed by atoms with van der Waals surface area (Å²) in [5.74, 6) is -0.195. The van der Waals surface area contributed by atoms with E-state index in [1.807, 2.05) is 24.3 Å². The second kappa shape index (κ2) is 5.93. The molecule has 1 N–H and O–H groups in total. The first kappa shape index (κ1) is 16.0. The normalized spacial score (nSPS) is 32.9. The first-order valence-electron chi connectivity index (χ1n) is 9.50. The van der Waals surface area contributed by atoms with Gasteiger partial charge in [-0.2, -0.15) is 0 Å². The minimum atomic E-state index is -0.433. The van der Waals surface area contributed by atoms with Crippen molar-refractivity contribution < 1.29 is 14.6 Å². The molecule has 2 fully saturated rings. The van der Waals surface area contributed by atoms with Crippen LogP contribution < -0.4 is 0 Å². The van der Waals surface area contributed by atoms with Gasteiger partial charge in [0, 0.05) is 24.1 Å². The Kier molecular flexibility index (Phi) is 3.66. The molecule has 1 aromatic rings. The number of hydrogen-bond donors (Lipinski definition) is 1. The highest BCUT2D eigenvalue weighted by atomic mass is 16.6. The Morgan fingerprint density at radius 2 is 2.08 bits per heavy atom. The number of piperidine rings is 1. The number of aliphatic hydroxyl groups excluding tert-OH is 1. The van der Waals surface area contributed by atoms with Crippen LogP contribution in [0, 0.1) is 0 Å². The lowest BCUT2D eigenvalue weighted by Gasteiger charge is -2.38. The molecule has 0 radical (unpaired) electrons. The zero-order valence-corrected chi connectivity index (χ0v) is 14.7. The van der Waals surface area contributed by atoms with Crippen molar-refractivity contribution in [1.29, 1.82) is 0 Å². The molecule has 1 aliphatic carbocycles. The first-order valence-corrected chi connectivity index (χ1v) is 9.50. The smallest absolute Gasteiger partial charge is 0.332 e. The van der Waals surface area contributed by atoms with Crippen molar-refractivity contribution in [2.75, 3.05) is 6.54 Å². The van der Waals surface area contributed by atoms with Crippen LogP contribution in [0.25, 0.3) is 6.08 Å². The first-order chi connectivity index (χ1) is 12.7. The van der Waals surface area contributed by atoms with E-state index in [1.54, 1.807) is 6.08 Å². The summed E-state index contributed by atoms with van der Waals surface area (Å²) in [4.78, 5) is 14.7. The minimum Gasteiger partial charge on any atom is -0.449 e. The molecule has 1 spiro atoms. The van der Waals surface area contributed by atoms with Gasteiger partial charge in [0.15, 0.2) is 5.60 Å². The third kappa shape index (κ3) is 2.32. The summed E-state index contributed by atoms with van der Waals surface area (Å²) in [5.41, 5.74) is 3.74. The average molecular weight is 349 g/mol. The molecule has 4 aliphatic rings. The number of allylic oxidation sites excluding steroid dienone is 1. The maximum atomic E-state index is 12.2. The number of rotatable bonds is 3. The van der Waals surface area contributed by atoms with Gasteiger partial charge >= 0.3 is 5.97 Å². The van der Waals surface area contributed by atoms with E-state index in [0.717, 1.165) is 41.7 Å². The van der Waals surface area contributed by atoms with E-state index in [4.69, 9.17) is 4.74 Å². The van der Waals surface area contributed by atoms with Gasteiger partial charge in [-0.25, -0.2) is 4.79 Å². The third-order valence-electron chi connectivity index (χ3n) is 6.32. The molecule has 1 aromatic carbocycles. The van der Waals surface area contributed by atoms with Gasteiger partial charge in [-0.15, -0.1) is 0 Å². The molecule has 0 unspecified atom stereocenters. The van der Waals surface area contributed by atoms with E-state index in [1.165, 1.54) is 12.8 Å². The van der Waals surface area contributed by atoms with Crippen molar-refractivity contribution in [3.8, 4) is 0 Å². The van der Waals surface area contributed by atoms with Crippen LogP contribution >= 0.6 is 0 Å². The molecule has 26 heavy (non-hydrogen) atoms. The molecule has 3 aliphatic heterocycles. The Morgan fingerprint density at radius 3 is 2.88 bits per heavy atom. The lowest BCUT2D eigenvalue weighted by atomic mass is 9.76. The summed E-state index contributed by atoms with van der Waals surface area (Å²) in [6, 6.07) is 8.56. The number of carbonyl (C=O) groups is 1. The highest BCUT2D eigenvalue weighted by Gasteiger charge is 2.61. The molecule has 2 bridgehead atoms. The summed E-state index contributed by atoms with van der Waals surface area (Å²) < 4.78 is 5.95. The predicted molar refractivity (Wildman–Crippen MR) is 99.1 cm³/mol. The lowest BCUT2D eigenvalue weighted by molar-refractivity contribution is -0.148. The summed E-state index contributed by atoms with van der Waals surface area (Å²) in [7, 11) is 0. The second-order valence-corrected chi connectivity index (χ2v) is 7.74. The molecule has 0 aromatic heterocycles. The van der Waals surface area contributed by atoms with Crippen molar-refractivity contribution in [2.24, 2.45) is 0 Å². The zero-order valence-electron chi connectivity index (χ0n) is 14.7. The summed E-state index contributed by atoms with van der Waals surface area (Å²) in [5, 5.41) is 9.17. The monoisotopic (exact) mass is 349 g/mol. The van der Waals surface area contributed by atoms with Gasteiger partial charge in [-0.3, -0.25) is 4.90 Å². The molecule has 4 heteroatoms. The fourth-order valence-corrected chi connectivity index (χ4v) is 5.16. The molecule has 3 heterocycles. The highest BCUT2D eigenvalue weighted by Crippen LogP contribution is 2.53. The van der Waals surface area contributed by atoms with Crippen LogP contribution in [0.3, 0.4) is 0 Å². The number of aliphatic hydroxyl groups is 1. The summed E-state index contributed by atoms with van der Waals surface area (Å²) >= 11 is 0. The molecule has 0 amide bonds. The molecule has 134 valence electrons. The van der Waals surface area contributed by atoms with Crippen LogP contribution in [0.15, 0.2) is 53.6 Å². The number of fused-ring (bicyclic) bond motifs is 3. The van der Waals surface area contributed by atoms with Crippen molar-refractivity contribution >= 4 is 12.0 Å². The van der Waals surface area contributed by atoms with Crippen LogP contribution in [0.5, 0.6) is 0 Å². The number of carbonyl (C=O) groups excluding carboxylic acids is 1.